The maximum Gasteiger partial charge on any atom is 0.163 e. The number of nitrogens with one attached hydrogen (secondary N) is 2. The number of hydrogen-bond acceptors (Lipinski definition) is 3. The summed E-state index contributed by atoms with van der Waals surface area (Å²) in [6, 6.07) is 15.0. The first-order chi connectivity index (χ1) is 13.2. The number of anilines is 2. The first-order valence-corrected chi connectivity index (χ1v) is 10.2. The van der Waals surface area contributed by atoms with E-state index in [0.29, 0.717) is 12.3 Å². The van der Waals surface area contributed by atoms with Crippen LogP contribution in [0.15, 0.2) is 53.7 Å². The summed E-state index contributed by atoms with van der Waals surface area (Å²) >= 11 is 0. The van der Waals surface area contributed by atoms with E-state index in [9.17, 15) is 4.79 Å². The Kier molecular flexibility index (Phi) is 4.57. The van der Waals surface area contributed by atoms with Crippen molar-refractivity contribution in [3.8, 4) is 0 Å². The summed E-state index contributed by atoms with van der Waals surface area (Å²) in [5.74, 6) is 0.738. The molecule has 0 radical (unpaired) electrons. The Morgan fingerprint density at radius 2 is 1.71 bits per heavy atom. The number of benzene rings is 2. The second kappa shape index (κ2) is 6.80. The molecule has 1 atom stereocenters. The van der Waals surface area contributed by atoms with E-state index in [2.05, 4.69) is 87.7 Å². The zero-order chi connectivity index (χ0) is 20.1. The Labute approximate surface area is 168 Å². The zero-order valence-electron chi connectivity index (χ0n) is 17.5. The predicted molar refractivity (Wildman–Crippen MR) is 117 cm³/mol. The Bertz CT molecular complexity index is 951. The van der Waals surface area contributed by atoms with Gasteiger partial charge in [-0.1, -0.05) is 58.0 Å². The lowest BCUT2D eigenvalue weighted by atomic mass is 9.73. The molecule has 4 rings (SSSR count). The molecule has 3 heteroatoms. The van der Waals surface area contributed by atoms with Crippen molar-refractivity contribution in [2.75, 3.05) is 10.6 Å². The quantitative estimate of drug-likeness (QED) is 0.644. The molecule has 2 N–H and O–H groups in total. The molecule has 0 fully saturated rings. The van der Waals surface area contributed by atoms with Gasteiger partial charge in [0.05, 0.1) is 17.4 Å². The first-order valence-electron chi connectivity index (χ1n) is 10.2. The first kappa shape index (κ1) is 18.8. The number of carbonyl (C=O) groups is 1. The third kappa shape index (κ3) is 3.46. The SMILES string of the molecule is Cc1ccc2c(c1)NC(c1ccc(C(C)C)cc1)C1=C(CC(C)(C)CC1=O)N2. The molecule has 0 aromatic heterocycles. The highest BCUT2D eigenvalue weighted by molar-refractivity contribution is 6.01. The molecule has 0 spiro atoms. The predicted octanol–water partition coefficient (Wildman–Crippen LogP) is 6.34. The third-order valence-electron chi connectivity index (χ3n) is 5.91. The number of ketones is 1. The third-order valence-corrected chi connectivity index (χ3v) is 5.91. The van der Waals surface area contributed by atoms with Crippen LogP contribution >= 0.6 is 0 Å². The number of hydrogen-bond donors (Lipinski definition) is 2. The highest BCUT2D eigenvalue weighted by atomic mass is 16.1. The molecule has 2 aromatic rings. The molecule has 1 aliphatic carbocycles. The number of allylic oxidation sites excluding steroid dienone is 1. The minimum Gasteiger partial charge on any atom is -0.372 e. The number of aryl methyl sites for hydroxylation is 1. The van der Waals surface area contributed by atoms with Gasteiger partial charge in [0.25, 0.3) is 0 Å². The van der Waals surface area contributed by atoms with Gasteiger partial charge in [-0.25, -0.2) is 0 Å². The van der Waals surface area contributed by atoms with Crippen LogP contribution in [0.4, 0.5) is 11.4 Å². The summed E-state index contributed by atoms with van der Waals surface area (Å²) in [6.45, 7) is 10.9. The van der Waals surface area contributed by atoms with Crippen LogP contribution < -0.4 is 10.6 Å². The Morgan fingerprint density at radius 1 is 1.00 bits per heavy atom. The van der Waals surface area contributed by atoms with Crippen LogP contribution in [0.2, 0.25) is 0 Å². The van der Waals surface area contributed by atoms with E-state index in [1.54, 1.807) is 0 Å². The van der Waals surface area contributed by atoms with Crippen molar-refractivity contribution in [1.82, 2.24) is 0 Å². The van der Waals surface area contributed by atoms with Crippen molar-refractivity contribution >= 4 is 17.2 Å². The normalized spacial score (nSPS) is 20.8. The van der Waals surface area contributed by atoms with E-state index in [1.165, 1.54) is 11.1 Å². The molecule has 0 amide bonds. The standard InChI is InChI=1S/C25H30N2O/c1-15(2)17-7-9-18(10-8-17)24-23-21(13-25(4,5)14-22(23)28)26-19-11-6-16(3)12-20(19)27-24/h6-12,15,24,26-27H,13-14H2,1-5H3. The van der Waals surface area contributed by atoms with Crippen LogP contribution in [0, 0.1) is 12.3 Å². The Balaban J connectivity index is 1.84. The number of fused-ring (bicyclic) bond motifs is 1. The van der Waals surface area contributed by atoms with E-state index in [4.69, 9.17) is 0 Å². The minimum atomic E-state index is -0.129. The van der Waals surface area contributed by atoms with Gasteiger partial charge >= 0.3 is 0 Å². The van der Waals surface area contributed by atoms with Gasteiger partial charge < -0.3 is 10.6 Å². The average molecular weight is 375 g/mol. The zero-order valence-corrected chi connectivity index (χ0v) is 17.5. The average Bonchev–Trinajstić information content (AvgIpc) is 2.77. The molecular weight excluding hydrogens is 344 g/mol. The van der Waals surface area contributed by atoms with Crippen LogP contribution in [0.1, 0.15) is 69.2 Å². The topological polar surface area (TPSA) is 41.1 Å². The fourth-order valence-corrected chi connectivity index (χ4v) is 4.38. The smallest absolute Gasteiger partial charge is 0.163 e. The van der Waals surface area contributed by atoms with Gasteiger partial charge in [0.1, 0.15) is 0 Å². The van der Waals surface area contributed by atoms with Crippen LogP contribution in [0.25, 0.3) is 0 Å². The summed E-state index contributed by atoms with van der Waals surface area (Å²) in [7, 11) is 0. The van der Waals surface area contributed by atoms with Gasteiger partial charge in [0, 0.05) is 17.7 Å². The number of carbonyl (C=O) groups excluding carboxylic acids is 1. The van der Waals surface area contributed by atoms with Crippen molar-refractivity contribution in [3.63, 3.8) is 0 Å². The molecule has 1 unspecified atom stereocenters. The van der Waals surface area contributed by atoms with Crippen molar-refractivity contribution in [2.24, 2.45) is 5.41 Å². The monoisotopic (exact) mass is 374 g/mol. The van der Waals surface area contributed by atoms with E-state index >= 15 is 0 Å². The van der Waals surface area contributed by atoms with Crippen molar-refractivity contribution in [2.45, 2.75) is 59.4 Å². The summed E-state index contributed by atoms with van der Waals surface area (Å²) < 4.78 is 0. The molecule has 1 aliphatic heterocycles. The summed E-state index contributed by atoms with van der Waals surface area (Å²) in [4.78, 5) is 13.2. The van der Waals surface area contributed by atoms with Crippen molar-refractivity contribution < 1.29 is 4.79 Å². The Morgan fingerprint density at radius 3 is 2.39 bits per heavy atom. The summed E-state index contributed by atoms with van der Waals surface area (Å²) in [5, 5.41) is 7.28. The van der Waals surface area contributed by atoms with Crippen LogP contribution in [0.3, 0.4) is 0 Å². The Hall–Kier alpha value is -2.55. The van der Waals surface area contributed by atoms with Crippen LogP contribution in [-0.2, 0) is 4.79 Å². The van der Waals surface area contributed by atoms with E-state index in [1.807, 2.05) is 0 Å². The maximum absolute atomic E-state index is 13.2. The lowest BCUT2D eigenvalue weighted by molar-refractivity contribution is -0.118. The highest BCUT2D eigenvalue weighted by Gasteiger charge is 2.38. The van der Waals surface area contributed by atoms with E-state index in [-0.39, 0.29) is 17.2 Å². The van der Waals surface area contributed by atoms with Gasteiger partial charge in [0.2, 0.25) is 0 Å². The molecule has 0 saturated carbocycles. The molecule has 0 bridgehead atoms. The summed E-state index contributed by atoms with van der Waals surface area (Å²) in [5.41, 5.74) is 7.69. The second-order valence-electron chi connectivity index (χ2n) is 9.41. The van der Waals surface area contributed by atoms with Gasteiger partial charge in [-0.05, 0) is 53.5 Å². The molecule has 1 heterocycles. The fraction of sp³-hybridized carbons (Fsp3) is 0.400. The molecule has 2 aromatic carbocycles. The van der Waals surface area contributed by atoms with Crippen molar-refractivity contribution in [3.05, 3.63) is 70.4 Å². The second-order valence-corrected chi connectivity index (χ2v) is 9.41. The molecule has 3 nitrogen and oxygen atoms in total. The van der Waals surface area contributed by atoms with Gasteiger partial charge in [-0.15, -0.1) is 0 Å². The van der Waals surface area contributed by atoms with E-state index < -0.39 is 0 Å². The molecular formula is C25H30N2O. The van der Waals surface area contributed by atoms with Gasteiger partial charge in [-0.3, -0.25) is 4.79 Å². The maximum atomic E-state index is 13.2. The molecule has 28 heavy (non-hydrogen) atoms. The van der Waals surface area contributed by atoms with E-state index in [0.717, 1.165) is 34.6 Å². The lowest BCUT2D eigenvalue weighted by Gasteiger charge is -2.34. The number of Topliss-reactive ketones (excluding diaryl/α,β-unsaturated/α-hetero) is 1. The molecule has 0 saturated heterocycles. The van der Waals surface area contributed by atoms with Gasteiger partial charge in [-0.2, -0.15) is 0 Å². The molecule has 2 aliphatic rings. The largest absolute Gasteiger partial charge is 0.372 e. The minimum absolute atomic E-state index is 0.0236. The fourth-order valence-electron chi connectivity index (χ4n) is 4.38. The van der Waals surface area contributed by atoms with Crippen LogP contribution in [-0.4, -0.2) is 5.78 Å². The van der Waals surface area contributed by atoms with Gasteiger partial charge in [0.15, 0.2) is 5.78 Å². The lowest BCUT2D eigenvalue weighted by Crippen LogP contribution is -2.31. The number of rotatable bonds is 2. The van der Waals surface area contributed by atoms with Crippen molar-refractivity contribution in [1.29, 1.82) is 0 Å². The molecule has 146 valence electrons. The van der Waals surface area contributed by atoms with Crippen LogP contribution in [0.5, 0.6) is 0 Å². The summed E-state index contributed by atoms with van der Waals surface area (Å²) in [6.07, 6.45) is 1.47. The highest BCUT2D eigenvalue weighted by Crippen LogP contribution is 2.45.